The number of benzene rings is 3. The first kappa shape index (κ1) is 15.8. The first-order chi connectivity index (χ1) is 11.5. The van der Waals surface area contributed by atoms with E-state index in [2.05, 4.69) is 9.93 Å². The Kier molecular flexibility index (Phi) is 4.09. The highest BCUT2D eigenvalue weighted by Crippen LogP contribution is 2.26. The molecule has 0 aliphatic rings. The van der Waals surface area contributed by atoms with Crippen molar-refractivity contribution in [2.75, 3.05) is 0 Å². The zero-order valence-electron chi connectivity index (χ0n) is 12.4. The van der Waals surface area contributed by atoms with Gasteiger partial charge in [-0.3, -0.25) is 0 Å². The first-order valence-corrected chi connectivity index (χ1v) is 8.50. The lowest BCUT2D eigenvalue weighted by Crippen LogP contribution is -2.18. The fraction of sp³-hybridized carbons (Fsp3) is 0. The van der Waals surface area contributed by atoms with Crippen molar-refractivity contribution >= 4 is 27.0 Å². The summed E-state index contributed by atoms with van der Waals surface area (Å²) in [5.74, 6) is -0.678. The van der Waals surface area contributed by atoms with Gasteiger partial charge in [0.25, 0.3) is 10.0 Å². The molecule has 0 aromatic heterocycles. The molecule has 3 N–H and O–H groups in total. The molecule has 0 heterocycles. The van der Waals surface area contributed by atoms with Gasteiger partial charge in [0.15, 0.2) is 11.5 Å². The number of nitrogens with zero attached hydrogens (tertiary/aromatic N) is 1. The summed E-state index contributed by atoms with van der Waals surface area (Å²) in [5, 5.41) is 24.4. The van der Waals surface area contributed by atoms with E-state index in [1.54, 1.807) is 12.1 Å². The molecule has 6 nitrogen and oxygen atoms in total. The number of hydrogen-bond donors (Lipinski definition) is 3. The number of sulfonamides is 1. The minimum absolute atomic E-state index is 0.0819. The second-order valence-electron chi connectivity index (χ2n) is 5.08. The highest BCUT2D eigenvalue weighted by atomic mass is 32.2. The Hall–Kier alpha value is -3.06. The van der Waals surface area contributed by atoms with Crippen LogP contribution in [0, 0.1) is 0 Å². The van der Waals surface area contributed by atoms with Crippen LogP contribution in [0.4, 0.5) is 0 Å². The molecule has 0 saturated heterocycles. The zero-order valence-corrected chi connectivity index (χ0v) is 13.2. The van der Waals surface area contributed by atoms with Crippen LogP contribution >= 0.6 is 0 Å². The monoisotopic (exact) mass is 342 g/mol. The van der Waals surface area contributed by atoms with Crippen LogP contribution in [-0.4, -0.2) is 24.8 Å². The molecule has 0 bridgehead atoms. The van der Waals surface area contributed by atoms with Crippen LogP contribution in [0.25, 0.3) is 10.8 Å². The molecule has 3 aromatic rings. The normalized spacial score (nSPS) is 11.8. The van der Waals surface area contributed by atoms with E-state index in [9.17, 15) is 18.6 Å². The maximum Gasteiger partial charge on any atom is 0.276 e. The number of rotatable bonds is 4. The van der Waals surface area contributed by atoms with Gasteiger partial charge in [-0.1, -0.05) is 36.4 Å². The van der Waals surface area contributed by atoms with Gasteiger partial charge in [0.1, 0.15) is 0 Å². The van der Waals surface area contributed by atoms with Crippen LogP contribution in [0.5, 0.6) is 11.5 Å². The van der Waals surface area contributed by atoms with Gasteiger partial charge in [-0.05, 0) is 35.0 Å². The number of fused-ring (bicyclic) bond motifs is 1. The smallest absolute Gasteiger partial charge is 0.276 e. The Morgan fingerprint density at radius 2 is 1.67 bits per heavy atom. The average molecular weight is 342 g/mol. The second-order valence-corrected chi connectivity index (χ2v) is 6.74. The fourth-order valence-corrected chi connectivity index (χ4v) is 3.03. The van der Waals surface area contributed by atoms with E-state index in [4.69, 9.17) is 0 Å². The van der Waals surface area contributed by atoms with Crippen LogP contribution in [0.2, 0.25) is 0 Å². The van der Waals surface area contributed by atoms with E-state index < -0.39 is 10.0 Å². The van der Waals surface area contributed by atoms with Crippen LogP contribution < -0.4 is 4.83 Å². The Bertz CT molecular complexity index is 1030. The molecule has 0 amide bonds. The minimum Gasteiger partial charge on any atom is -0.504 e. The molecule has 0 saturated carbocycles. The van der Waals surface area contributed by atoms with Crippen molar-refractivity contribution < 1.29 is 18.6 Å². The van der Waals surface area contributed by atoms with E-state index in [1.165, 1.54) is 24.3 Å². The second kappa shape index (κ2) is 6.21. The van der Waals surface area contributed by atoms with Crippen molar-refractivity contribution in [2.24, 2.45) is 5.10 Å². The standard InChI is InChI=1S/C17H14N2O4S/c20-16-7-3-6-14(17(16)21)11-18-19-24(22,23)15-9-8-12-4-1-2-5-13(12)10-15/h1-11,19-21H/b18-11-. The summed E-state index contributed by atoms with van der Waals surface area (Å²) in [4.78, 5) is 2.17. The summed E-state index contributed by atoms with van der Waals surface area (Å²) in [6, 6.07) is 16.5. The largest absolute Gasteiger partial charge is 0.504 e. The summed E-state index contributed by atoms with van der Waals surface area (Å²) in [5.41, 5.74) is 0.191. The zero-order chi connectivity index (χ0) is 17.2. The number of hydrazone groups is 1. The highest BCUT2D eigenvalue weighted by molar-refractivity contribution is 7.89. The molecule has 3 rings (SSSR count). The maximum atomic E-state index is 12.3. The lowest BCUT2D eigenvalue weighted by atomic mass is 10.1. The van der Waals surface area contributed by atoms with Gasteiger partial charge >= 0.3 is 0 Å². The summed E-state index contributed by atoms with van der Waals surface area (Å²) < 4.78 is 24.6. The van der Waals surface area contributed by atoms with Crippen LogP contribution in [0.3, 0.4) is 0 Å². The third-order valence-corrected chi connectivity index (χ3v) is 4.67. The molecule has 0 unspecified atom stereocenters. The fourth-order valence-electron chi connectivity index (χ4n) is 2.21. The van der Waals surface area contributed by atoms with Gasteiger partial charge < -0.3 is 10.2 Å². The average Bonchev–Trinajstić information content (AvgIpc) is 2.58. The van der Waals surface area contributed by atoms with Gasteiger partial charge in [0.2, 0.25) is 0 Å². The number of phenols is 2. The Morgan fingerprint density at radius 1 is 0.917 bits per heavy atom. The number of phenolic OH excluding ortho intramolecular Hbond substituents is 2. The van der Waals surface area contributed by atoms with Gasteiger partial charge in [-0.2, -0.15) is 13.5 Å². The summed E-state index contributed by atoms with van der Waals surface area (Å²) in [7, 11) is -3.84. The molecule has 0 atom stereocenters. The molecule has 7 heteroatoms. The summed E-state index contributed by atoms with van der Waals surface area (Å²) in [6.45, 7) is 0. The molecule has 0 spiro atoms. The van der Waals surface area contributed by atoms with E-state index in [0.29, 0.717) is 0 Å². The van der Waals surface area contributed by atoms with Crippen molar-refractivity contribution in [2.45, 2.75) is 4.90 Å². The summed E-state index contributed by atoms with van der Waals surface area (Å²) in [6.07, 6.45) is 1.12. The lowest BCUT2D eigenvalue weighted by molar-refractivity contribution is 0.403. The Morgan fingerprint density at radius 3 is 2.46 bits per heavy atom. The first-order valence-electron chi connectivity index (χ1n) is 7.02. The highest BCUT2D eigenvalue weighted by Gasteiger charge is 2.13. The van der Waals surface area contributed by atoms with Crippen molar-refractivity contribution in [3.05, 3.63) is 66.2 Å². The molecule has 3 aromatic carbocycles. The third kappa shape index (κ3) is 3.16. The van der Waals surface area contributed by atoms with Crippen molar-refractivity contribution in [1.82, 2.24) is 4.83 Å². The molecular weight excluding hydrogens is 328 g/mol. The molecule has 24 heavy (non-hydrogen) atoms. The molecular formula is C17H14N2O4S. The van der Waals surface area contributed by atoms with Crippen molar-refractivity contribution in [3.63, 3.8) is 0 Å². The van der Waals surface area contributed by atoms with Crippen molar-refractivity contribution in [1.29, 1.82) is 0 Å². The van der Waals surface area contributed by atoms with Crippen LogP contribution in [-0.2, 0) is 10.0 Å². The van der Waals surface area contributed by atoms with Gasteiger partial charge in [-0.15, -0.1) is 0 Å². The van der Waals surface area contributed by atoms with E-state index in [1.807, 2.05) is 24.3 Å². The van der Waals surface area contributed by atoms with E-state index >= 15 is 0 Å². The van der Waals surface area contributed by atoms with Gasteiger partial charge in [0, 0.05) is 5.56 Å². The number of hydrogen-bond acceptors (Lipinski definition) is 5. The third-order valence-electron chi connectivity index (χ3n) is 3.45. The minimum atomic E-state index is -3.84. The topological polar surface area (TPSA) is 99.0 Å². The molecule has 0 aliphatic heterocycles. The number of para-hydroxylation sites is 1. The SMILES string of the molecule is O=S(=O)(N/N=C\c1cccc(O)c1O)c1ccc2ccccc2c1. The summed E-state index contributed by atoms with van der Waals surface area (Å²) >= 11 is 0. The Balaban J connectivity index is 1.85. The van der Waals surface area contributed by atoms with Crippen molar-refractivity contribution in [3.8, 4) is 11.5 Å². The maximum absolute atomic E-state index is 12.3. The molecule has 0 radical (unpaired) electrons. The van der Waals surface area contributed by atoms with Crippen LogP contribution in [0.15, 0.2) is 70.7 Å². The molecule has 0 fully saturated rings. The quantitative estimate of drug-likeness (QED) is 0.385. The Labute approximate surface area is 138 Å². The number of aromatic hydroxyl groups is 2. The number of nitrogens with one attached hydrogen (secondary N) is 1. The van der Waals surface area contributed by atoms with Gasteiger partial charge in [-0.25, -0.2) is 4.83 Å². The molecule has 122 valence electrons. The van der Waals surface area contributed by atoms with E-state index in [-0.39, 0.29) is 22.0 Å². The molecule has 0 aliphatic carbocycles. The lowest BCUT2D eigenvalue weighted by Gasteiger charge is -2.05. The predicted molar refractivity (Wildman–Crippen MR) is 91.6 cm³/mol. The van der Waals surface area contributed by atoms with Crippen LogP contribution in [0.1, 0.15) is 5.56 Å². The predicted octanol–water partition coefficient (Wildman–Crippen LogP) is 2.56. The van der Waals surface area contributed by atoms with Gasteiger partial charge in [0.05, 0.1) is 11.1 Å². The van der Waals surface area contributed by atoms with E-state index in [0.717, 1.165) is 17.0 Å².